The predicted molar refractivity (Wildman–Crippen MR) is 178 cm³/mol. The van der Waals surface area contributed by atoms with Crippen LogP contribution in [0.25, 0.3) is 10.9 Å². The number of rotatable bonds is 21. The smallest absolute Gasteiger partial charge is 0.242 e. The van der Waals surface area contributed by atoms with Gasteiger partial charge in [-0.3, -0.25) is 9.59 Å². The molecule has 43 heavy (non-hydrogen) atoms. The molecule has 0 saturated carbocycles. The van der Waals surface area contributed by atoms with E-state index in [1.807, 2.05) is 61.3 Å². The lowest BCUT2D eigenvalue weighted by atomic mass is 10.0. The van der Waals surface area contributed by atoms with Crippen molar-refractivity contribution in [1.82, 2.24) is 14.8 Å². The summed E-state index contributed by atoms with van der Waals surface area (Å²) in [6.45, 7) is 7.44. The normalized spacial score (nSPS) is 11.3. The molecule has 2 amide bonds. The second-order valence-electron chi connectivity index (χ2n) is 12.2. The zero-order chi connectivity index (χ0) is 30.9. The van der Waals surface area contributed by atoms with Crippen LogP contribution in [-0.2, 0) is 22.6 Å². The minimum Gasteiger partial charge on any atom is -0.497 e. The number of nitrogens with zero attached hydrogens (tertiary/aromatic N) is 2. The molecule has 2 aromatic carbocycles. The molecule has 0 bridgehead atoms. The van der Waals surface area contributed by atoms with Gasteiger partial charge >= 0.3 is 0 Å². The summed E-state index contributed by atoms with van der Waals surface area (Å²) in [5, 5.41) is 1.19. The van der Waals surface area contributed by atoms with Gasteiger partial charge in [0, 0.05) is 42.7 Å². The Hall–Kier alpha value is -3.28. The summed E-state index contributed by atoms with van der Waals surface area (Å²) in [5.41, 5.74) is 3.33. The second kappa shape index (κ2) is 19.1. The van der Waals surface area contributed by atoms with Crippen molar-refractivity contribution in [3.05, 3.63) is 65.9 Å². The number of fused-ring (bicyclic) bond motifs is 1. The Morgan fingerprint density at radius 1 is 0.814 bits per heavy atom. The molecule has 6 nitrogen and oxygen atoms in total. The lowest BCUT2D eigenvalue weighted by molar-refractivity contribution is -0.142. The summed E-state index contributed by atoms with van der Waals surface area (Å²) in [6, 6.07) is 16.1. The van der Waals surface area contributed by atoms with Crippen LogP contribution in [0.15, 0.2) is 54.7 Å². The molecule has 0 unspecified atom stereocenters. The van der Waals surface area contributed by atoms with Gasteiger partial charge in [0.1, 0.15) is 5.75 Å². The van der Waals surface area contributed by atoms with Crippen molar-refractivity contribution < 1.29 is 14.3 Å². The number of ether oxygens (including phenoxy) is 1. The lowest BCUT2D eigenvalue weighted by Crippen LogP contribution is -2.46. The van der Waals surface area contributed by atoms with E-state index in [4.69, 9.17) is 4.74 Å². The number of nitrogens with one attached hydrogen (secondary N) is 1. The third kappa shape index (κ3) is 11.7. The van der Waals surface area contributed by atoms with E-state index in [0.717, 1.165) is 36.1 Å². The number of carbonyl (C=O) groups excluding carboxylic acids is 2. The van der Waals surface area contributed by atoms with E-state index in [9.17, 15) is 9.59 Å². The molecule has 1 N–H and O–H groups in total. The SMILES string of the molecule is CCCCCCCCCCCCCC(=O)N(CC(=O)N(CCc1c[nH]c2ccccc12)Cc1ccc(OC)cc1)C(C)C. The third-order valence-corrected chi connectivity index (χ3v) is 8.45. The summed E-state index contributed by atoms with van der Waals surface area (Å²) in [5.74, 6) is 0.858. The van der Waals surface area contributed by atoms with Gasteiger partial charge in [-0.15, -0.1) is 0 Å². The molecule has 0 spiro atoms. The first-order valence-electron chi connectivity index (χ1n) is 16.7. The molecule has 3 aromatic rings. The van der Waals surface area contributed by atoms with Gasteiger partial charge in [0.2, 0.25) is 11.8 Å². The number of unbranched alkanes of at least 4 members (excludes halogenated alkanes) is 10. The Morgan fingerprint density at radius 2 is 1.44 bits per heavy atom. The molecule has 0 fully saturated rings. The first-order chi connectivity index (χ1) is 20.9. The number of para-hydroxylation sites is 1. The van der Waals surface area contributed by atoms with Crippen molar-refractivity contribution in [2.75, 3.05) is 20.2 Å². The fraction of sp³-hybridized carbons (Fsp3) is 0.568. The molecular weight excluding hydrogens is 534 g/mol. The molecule has 1 heterocycles. The van der Waals surface area contributed by atoms with Gasteiger partial charge in [-0.2, -0.15) is 0 Å². The largest absolute Gasteiger partial charge is 0.497 e. The average molecular weight is 590 g/mol. The van der Waals surface area contributed by atoms with Gasteiger partial charge in [0.15, 0.2) is 0 Å². The standard InChI is InChI=1S/C37H55N3O3/c1-5-6-7-8-9-10-11-12-13-14-15-20-36(41)40(30(2)3)29-37(42)39(28-31-21-23-33(43-4)24-22-31)26-25-32-27-38-35-19-17-16-18-34(32)35/h16-19,21-24,27,30,38H,5-15,20,25-26,28-29H2,1-4H3. The number of aromatic amines is 1. The molecule has 3 rings (SSSR count). The van der Waals surface area contributed by atoms with E-state index >= 15 is 0 Å². The van der Waals surface area contributed by atoms with Crippen LogP contribution in [-0.4, -0.2) is 52.8 Å². The van der Waals surface area contributed by atoms with Crippen molar-refractivity contribution >= 4 is 22.7 Å². The quantitative estimate of drug-likeness (QED) is 0.126. The number of hydrogen-bond acceptors (Lipinski definition) is 3. The molecular formula is C37H55N3O3. The van der Waals surface area contributed by atoms with Crippen molar-refractivity contribution in [2.24, 2.45) is 0 Å². The van der Waals surface area contributed by atoms with Crippen LogP contribution in [0.2, 0.25) is 0 Å². The van der Waals surface area contributed by atoms with Gasteiger partial charge < -0.3 is 19.5 Å². The molecule has 0 aliphatic heterocycles. The maximum absolute atomic E-state index is 13.8. The highest BCUT2D eigenvalue weighted by Gasteiger charge is 2.23. The number of hydrogen-bond donors (Lipinski definition) is 1. The highest BCUT2D eigenvalue weighted by Crippen LogP contribution is 2.20. The van der Waals surface area contributed by atoms with Crippen molar-refractivity contribution in [1.29, 1.82) is 0 Å². The van der Waals surface area contributed by atoms with Crippen LogP contribution in [0.3, 0.4) is 0 Å². The Kier molecular flexibility index (Phi) is 15.2. The molecule has 0 atom stereocenters. The van der Waals surface area contributed by atoms with Gasteiger partial charge in [-0.1, -0.05) is 101 Å². The number of amides is 2. The van der Waals surface area contributed by atoms with Gasteiger partial charge in [-0.25, -0.2) is 0 Å². The van der Waals surface area contributed by atoms with Gasteiger partial charge in [0.25, 0.3) is 0 Å². The Bertz CT molecular complexity index is 1220. The first-order valence-corrected chi connectivity index (χ1v) is 16.7. The average Bonchev–Trinajstić information content (AvgIpc) is 3.43. The lowest BCUT2D eigenvalue weighted by Gasteiger charge is -2.30. The van der Waals surface area contributed by atoms with Crippen LogP contribution < -0.4 is 4.74 Å². The molecule has 236 valence electrons. The fourth-order valence-electron chi connectivity index (χ4n) is 5.73. The zero-order valence-corrected chi connectivity index (χ0v) is 27.2. The first kappa shape index (κ1) is 34.2. The molecule has 0 saturated heterocycles. The summed E-state index contributed by atoms with van der Waals surface area (Å²) >= 11 is 0. The third-order valence-electron chi connectivity index (χ3n) is 8.45. The summed E-state index contributed by atoms with van der Waals surface area (Å²) < 4.78 is 5.32. The summed E-state index contributed by atoms with van der Waals surface area (Å²) in [7, 11) is 1.65. The highest BCUT2D eigenvalue weighted by atomic mass is 16.5. The number of benzene rings is 2. The molecule has 0 aliphatic rings. The second-order valence-corrected chi connectivity index (χ2v) is 12.2. The maximum atomic E-state index is 13.8. The highest BCUT2D eigenvalue weighted by molar-refractivity contribution is 5.85. The summed E-state index contributed by atoms with van der Waals surface area (Å²) in [6.07, 6.45) is 17.1. The monoisotopic (exact) mass is 589 g/mol. The van der Waals surface area contributed by atoms with E-state index in [-0.39, 0.29) is 24.4 Å². The van der Waals surface area contributed by atoms with E-state index in [1.165, 1.54) is 68.7 Å². The van der Waals surface area contributed by atoms with Crippen molar-refractivity contribution in [3.8, 4) is 5.75 Å². The minimum absolute atomic E-state index is 0.0170. The number of methoxy groups -OCH3 is 1. The van der Waals surface area contributed by atoms with Crippen LogP contribution in [0.5, 0.6) is 5.75 Å². The number of aromatic nitrogens is 1. The Labute approximate surface area is 260 Å². The van der Waals surface area contributed by atoms with E-state index in [1.54, 1.807) is 12.0 Å². The zero-order valence-electron chi connectivity index (χ0n) is 27.2. The van der Waals surface area contributed by atoms with E-state index < -0.39 is 0 Å². The maximum Gasteiger partial charge on any atom is 0.242 e. The Morgan fingerprint density at radius 3 is 2.07 bits per heavy atom. The Balaban J connectivity index is 1.53. The molecule has 0 aliphatic carbocycles. The predicted octanol–water partition coefficient (Wildman–Crippen LogP) is 8.69. The van der Waals surface area contributed by atoms with Gasteiger partial charge in [-0.05, 0) is 56.0 Å². The molecule has 0 radical (unpaired) electrons. The van der Waals surface area contributed by atoms with Crippen molar-refractivity contribution in [3.63, 3.8) is 0 Å². The van der Waals surface area contributed by atoms with E-state index in [2.05, 4.69) is 24.0 Å². The topological polar surface area (TPSA) is 65.6 Å². The number of H-pyrrole nitrogens is 1. The van der Waals surface area contributed by atoms with E-state index in [0.29, 0.717) is 19.5 Å². The van der Waals surface area contributed by atoms with Crippen LogP contribution in [0, 0.1) is 0 Å². The minimum atomic E-state index is -0.0272. The molecule has 1 aromatic heterocycles. The van der Waals surface area contributed by atoms with Gasteiger partial charge in [0.05, 0.1) is 13.7 Å². The van der Waals surface area contributed by atoms with Crippen molar-refractivity contribution in [2.45, 2.75) is 117 Å². The summed E-state index contributed by atoms with van der Waals surface area (Å²) in [4.78, 5) is 34.0. The van der Waals surface area contributed by atoms with Crippen LogP contribution in [0.4, 0.5) is 0 Å². The fourth-order valence-corrected chi connectivity index (χ4v) is 5.73. The van der Waals surface area contributed by atoms with Crippen LogP contribution in [0.1, 0.15) is 109 Å². The number of carbonyl (C=O) groups is 2. The van der Waals surface area contributed by atoms with Crippen LogP contribution >= 0.6 is 0 Å². The molecule has 6 heteroatoms.